The number of hydrogen-bond donors (Lipinski definition) is 2. The zero-order valence-electron chi connectivity index (χ0n) is 12.3. The van der Waals surface area contributed by atoms with E-state index in [1.54, 1.807) is 30.3 Å². The highest BCUT2D eigenvalue weighted by Gasteiger charge is 2.23. The molecule has 120 valence electrons. The molecule has 0 saturated heterocycles. The summed E-state index contributed by atoms with van der Waals surface area (Å²) in [5, 5.41) is 11.6. The molecule has 0 saturated carbocycles. The molecule has 1 heterocycles. The Hall–Kier alpha value is -3.09. The van der Waals surface area contributed by atoms with Crippen molar-refractivity contribution in [2.24, 2.45) is 0 Å². The molecule has 2 rings (SSSR count). The third-order valence-corrected chi connectivity index (χ3v) is 2.94. The first-order valence-corrected chi connectivity index (χ1v) is 6.76. The van der Waals surface area contributed by atoms with Crippen molar-refractivity contribution in [3.63, 3.8) is 0 Å². The summed E-state index contributed by atoms with van der Waals surface area (Å²) in [7, 11) is 0. The molecular formula is C16H15NO6. The molecular weight excluding hydrogens is 302 g/mol. The maximum Gasteiger partial charge on any atom is 0.333 e. The van der Waals surface area contributed by atoms with E-state index in [1.165, 1.54) is 6.92 Å². The standard InChI is InChI=1S/C16H15NO6/c1-10(18)17-15(11-5-3-2-4-6-11)16(21)23-8-12-7-13(19)14(20)9-22-12/h2-7,9,15,20H,8H2,1H3,(H,17,18)/t15-/m1/s1. The highest BCUT2D eigenvalue weighted by molar-refractivity contribution is 5.84. The van der Waals surface area contributed by atoms with Crippen LogP contribution in [-0.2, 0) is 20.9 Å². The summed E-state index contributed by atoms with van der Waals surface area (Å²) in [6, 6.07) is 8.68. The molecule has 0 aliphatic heterocycles. The summed E-state index contributed by atoms with van der Waals surface area (Å²) < 4.78 is 10.0. The van der Waals surface area contributed by atoms with Crippen LogP contribution in [0.5, 0.6) is 5.75 Å². The van der Waals surface area contributed by atoms with Gasteiger partial charge in [-0.3, -0.25) is 9.59 Å². The molecule has 0 aliphatic rings. The number of esters is 1. The lowest BCUT2D eigenvalue weighted by molar-refractivity contribution is -0.149. The van der Waals surface area contributed by atoms with Crippen LogP contribution in [0.3, 0.4) is 0 Å². The minimum absolute atomic E-state index is 0.0794. The van der Waals surface area contributed by atoms with Gasteiger partial charge in [0.05, 0.1) is 0 Å². The van der Waals surface area contributed by atoms with Crippen LogP contribution < -0.4 is 10.7 Å². The first-order chi connectivity index (χ1) is 11.0. The lowest BCUT2D eigenvalue weighted by atomic mass is 10.1. The molecule has 0 bridgehead atoms. The zero-order chi connectivity index (χ0) is 16.8. The molecule has 0 spiro atoms. The summed E-state index contributed by atoms with van der Waals surface area (Å²) in [5.74, 6) is -1.52. The fourth-order valence-corrected chi connectivity index (χ4v) is 1.87. The van der Waals surface area contributed by atoms with Gasteiger partial charge in [0.2, 0.25) is 11.3 Å². The van der Waals surface area contributed by atoms with E-state index in [0.29, 0.717) is 5.56 Å². The molecule has 0 unspecified atom stereocenters. The van der Waals surface area contributed by atoms with Crippen LogP contribution in [0.1, 0.15) is 24.3 Å². The van der Waals surface area contributed by atoms with Crippen molar-refractivity contribution >= 4 is 11.9 Å². The van der Waals surface area contributed by atoms with E-state index in [-0.39, 0.29) is 18.3 Å². The molecule has 7 nitrogen and oxygen atoms in total. The summed E-state index contributed by atoms with van der Waals surface area (Å²) in [4.78, 5) is 34.8. The van der Waals surface area contributed by atoms with E-state index in [0.717, 1.165) is 12.3 Å². The molecule has 1 aromatic carbocycles. The predicted octanol–water partition coefficient (Wildman–Crippen LogP) is 1.27. The van der Waals surface area contributed by atoms with E-state index >= 15 is 0 Å². The number of carbonyl (C=O) groups is 2. The fraction of sp³-hybridized carbons (Fsp3) is 0.188. The van der Waals surface area contributed by atoms with Crippen molar-refractivity contribution in [2.45, 2.75) is 19.6 Å². The van der Waals surface area contributed by atoms with E-state index in [9.17, 15) is 14.4 Å². The molecule has 1 aromatic heterocycles. The Kier molecular flexibility index (Phi) is 5.14. The topological polar surface area (TPSA) is 106 Å². The number of nitrogens with one attached hydrogen (secondary N) is 1. The van der Waals surface area contributed by atoms with Gasteiger partial charge in [0.15, 0.2) is 11.8 Å². The van der Waals surface area contributed by atoms with Gasteiger partial charge in [-0.05, 0) is 5.56 Å². The quantitative estimate of drug-likeness (QED) is 0.804. The zero-order valence-corrected chi connectivity index (χ0v) is 12.3. The van der Waals surface area contributed by atoms with Crippen molar-refractivity contribution in [3.05, 3.63) is 64.2 Å². The van der Waals surface area contributed by atoms with E-state index in [4.69, 9.17) is 14.3 Å². The summed E-state index contributed by atoms with van der Waals surface area (Å²) >= 11 is 0. The van der Waals surface area contributed by atoms with Gasteiger partial charge in [-0.25, -0.2) is 4.79 Å². The Morgan fingerprint density at radius 2 is 2.00 bits per heavy atom. The minimum Gasteiger partial charge on any atom is -0.502 e. The first kappa shape index (κ1) is 16.3. The van der Waals surface area contributed by atoms with E-state index in [1.807, 2.05) is 0 Å². The molecule has 0 aliphatic carbocycles. The molecule has 2 N–H and O–H groups in total. The van der Waals surface area contributed by atoms with Crippen molar-refractivity contribution < 1.29 is 23.8 Å². The van der Waals surface area contributed by atoms with Crippen molar-refractivity contribution in [2.75, 3.05) is 0 Å². The Morgan fingerprint density at radius 1 is 1.30 bits per heavy atom. The highest BCUT2D eigenvalue weighted by Crippen LogP contribution is 2.15. The van der Waals surface area contributed by atoms with Crippen LogP contribution in [0.2, 0.25) is 0 Å². The number of amides is 1. The Morgan fingerprint density at radius 3 is 2.61 bits per heavy atom. The van der Waals surface area contributed by atoms with Gasteiger partial charge in [-0.15, -0.1) is 0 Å². The molecule has 1 amide bonds. The monoisotopic (exact) mass is 317 g/mol. The second-order valence-electron chi connectivity index (χ2n) is 4.75. The number of benzene rings is 1. The van der Waals surface area contributed by atoms with Gasteiger partial charge < -0.3 is 19.6 Å². The first-order valence-electron chi connectivity index (χ1n) is 6.76. The van der Waals surface area contributed by atoms with Crippen LogP contribution >= 0.6 is 0 Å². The molecule has 23 heavy (non-hydrogen) atoms. The largest absolute Gasteiger partial charge is 0.502 e. The van der Waals surface area contributed by atoms with Gasteiger partial charge in [0.1, 0.15) is 18.6 Å². The number of ether oxygens (including phenoxy) is 1. The number of carbonyl (C=O) groups excluding carboxylic acids is 2. The SMILES string of the molecule is CC(=O)N[C@@H](C(=O)OCc1cc(=O)c(O)co1)c1ccccc1. The second kappa shape index (κ2) is 7.26. The molecule has 0 radical (unpaired) electrons. The van der Waals surface area contributed by atoms with Crippen molar-refractivity contribution in [3.8, 4) is 5.75 Å². The van der Waals surface area contributed by atoms with Gasteiger partial charge in [-0.2, -0.15) is 0 Å². The van der Waals surface area contributed by atoms with Gasteiger partial charge in [-0.1, -0.05) is 30.3 Å². The second-order valence-corrected chi connectivity index (χ2v) is 4.75. The van der Waals surface area contributed by atoms with Crippen LogP contribution in [0.25, 0.3) is 0 Å². The molecule has 1 atom stereocenters. The maximum absolute atomic E-state index is 12.2. The van der Waals surface area contributed by atoms with E-state index in [2.05, 4.69) is 5.32 Å². The predicted molar refractivity (Wildman–Crippen MR) is 79.4 cm³/mol. The minimum atomic E-state index is -0.961. The van der Waals surface area contributed by atoms with Crippen LogP contribution in [-0.4, -0.2) is 17.0 Å². The molecule has 0 fully saturated rings. The smallest absolute Gasteiger partial charge is 0.333 e. The Bertz CT molecular complexity index is 753. The van der Waals surface area contributed by atoms with E-state index < -0.39 is 23.2 Å². The van der Waals surface area contributed by atoms with Crippen molar-refractivity contribution in [1.29, 1.82) is 0 Å². The highest BCUT2D eigenvalue weighted by atomic mass is 16.5. The van der Waals surface area contributed by atoms with Gasteiger partial charge >= 0.3 is 5.97 Å². The van der Waals surface area contributed by atoms with Crippen LogP contribution in [0, 0.1) is 0 Å². The fourth-order valence-electron chi connectivity index (χ4n) is 1.87. The molecule has 7 heteroatoms. The van der Waals surface area contributed by atoms with Gasteiger partial charge in [0, 0.05) is 13.0 Å². The van der Waals surface area contributed by atoms with Crippen molar-refractivity contribution in [1.82, 2.24) is 5.32 Å². The summed E-state index contributed by atoms with van der Waals surface area (Å²) in [5.41, 5.74) is -0.0661. The number of hydrogen-bond acceptors (Lipinski definition) is 6. The summed E-state index contributed by atoms with van der Waals surface area (Å²) in [6.45, 7) is 1.000. The average Bonchev–Trinajstić information content (AvgIpc) is 2.54. The lowest BCUT2D eigenvalue weighted by Crippen LogP contribution is -2.33. The third kappa shape index (κ3) is 4.44. The summed E-state index contributed by atoms with van der Waals surface area (Å²) in [6.07, 6.45) is 0.869. The lowest BCUT2D eigenvalue weighted by Gasteiger charge is -2.16. The number of aromatic hydroxyl groups is 1. The normalized spacial score (nSPS) is 11.5. The molecule has 2 aromatic rings. The van der Waals surface area contributed by atoms with Crippen LogP contribution in [0.15, 0.2) is 51.9 Å². The Balaban J connectivity index is 2.10. The number of rotatable bonds is 5. The maximum atomic E-state index is 12.2. The van der Waals surface area contributed by atoms with Gasteiger partial charge in [0.25, 0.3) is 0 Å². The third-order valence-electron chi connectivity index (χ3n) is 2.94. The average molecular weight is 317 g/mol. The Labute approximate surface area is 131 Å². The van der Waals surface area contributed by atoms with Crippen LogP contribution in [0.4, 0.5) is 0 Å².